The smallest absolute Gasteiger partial charge is 0.0993 e. The summed E-state index contributed by atoms with van der Waals surface area (Å²) in [6.45, 7) is 0. The predicted molar refractivity (Wildman–Crippen MR) is 316 cm³/mol. The van der Waals surface area contributed by atoms with Gasteiger partial charge in [-0.1, -0.05) is 206 Å². The first-order valence-electron chi connectivity index (χ1n) is 25.7. The second-order valence-corrected chi connectivity index (χ2v) is 19.4. The van der Waals surface area contributed by atoms with Crippen molar-refractivity contribution < 1.29 is 0 Å². The molecule has 0 N–H and O–H groups in total. The topological polar surface area (TPSA) is 46.5 Å². The van der Waals surface area contributed by atoms with E-state index < -0.39 is 0 Å². The fraction of sp³-hybridized carbons (Fsp3) is 0. The third-order valence-corrected chi connectivity index (χ3v) is 14.9. The Hall–Kier alpha value is -10.3. The Morgan fingerprint density at radius 3 is 0.816 bits per heavy atom. The Bertz CT molecular complexity index is 4060. The van der Waals surface area contributed by atoms with Gasteiger partial charge in [-0.15, -0.1) is 0 Å². The number of hydrogen-bond acceptors (Lipinski definition) is 2. The van der Waals surface area contributed by atoms with E-state index in [1.54, 1.807) is 0 Å². The van der Waals surface area contributed by atoms with Gasteiger partial charge < -0.3 is 9.13 Å². The third kappa shape index (κ3) is 7.74. The molecule has 0 spiro atoms. The van der Waals surface area contributed by atoms with Crippen molar-refractivity contribution in [2.45, 2.75) is 0 Å². The molecule has 14 rings (SSSR count). The van der Waals surface area contributed by atoms with Crippen molar-refractivity contribution >= 4 is 43.6 Å². The van der Waals surface area contributed by atoms with Crippen LogP contribution in [0, 0.1) is 11.3 Å². The van der Waals surface area contributed by atoms with Gasteiger partial charge >= 0.3 is 0 Å². The van der Waals surface area contributed by atoms with Gasteiger partial charge in [0.1, 0.15) is 0 Å². The zero-order valence-electron chi connectivity index (χ0n) is 41.3. The van der Waals surface area contributed by atoms with Crippen LogP contribution in [-0.2, 0) is 0 Å². The van der Waals surface area contributed by atoms with Gasteiger partial charge in [0, 0.05) is 38.2 Å². The summed E-state index contributed by atoms with van der Waals surface area (Å²) in [6, 6.07) is 102. The molecule has 0 fully saturated rings. The maximum atomic E-state index is 11.4. The fourth-order valence-electron chi connectivity index (χ4n) is 11.3. The van der Waals surface area contributed by atoms with E-state index in [-0.39, 0.29) is 0 Å². The zero-order chi connectivity index (χ0) is 50.5. The molecule has 14 aromatic rings. The van der Waals surface area contributed by atoms with Crippen LogP contribution in [0.3, 0.4) is 0 Å². The van der Waals surface area contributed by atoms with Crippen molar-refractivity contribution in [3.05, 3.63) is 285 Å². The molecule has 4 heteroatoms. The molecule has 0 unspecified atom stereocenters. The Morgan fingerprint density at radius 2 is 0.539 bits per heavy atom. The lowest BCUT2D eigenvalue weighted by molar-refractivity contribution is 1.13. The van der Waals surface area contributed by atoms with Crippen molar-refractivity contribution in [2.24, 2.45) is 0 Å². The summed E-state index contributed by atoms with van der Waals surface area (Å²) in [5.41, 5.74) is 21.2. The molecule has 3 heterocycles. The van der Waals surface area contributed by atoms with E-state index in [2.05, 4.69) is 282 Å². The van der Waals surface area contributed by atoms with Crippen LogP contribution in [0.4, 0.5) is 0 Å². The first-order valence-corrected chi connectivity index (χ1v) is 25.7. The number of aromatic nitrogens is 3. The minimum absolute atomic E-state index is 0.544. The summed E-state index contributed by atoms with van der Waals surface area (Å²) in [7, 11) is 0. The lowest BCUT2D eigenvalue weighted by Gasteiger charge is -2.22. The summed E-state index contributed by atoms with van der Waals surface area (Å²) in [6.07, 6.45) is 0. The Morgan fingerprint density at radius 1 is 0.263 bits per heavy atom. The van der Waals surface area contributed by atoms with Crippen molar-refractivity contribution in [2.75, 3.05) is 0 Å². The number of nitrogens with zero attached hydrogens (tertiary/aromatic N) is 4. The fourth-order valence-corrected chi connectivity index (χ4v) is 11.3. The van der Waals surface area contributed by atoms with E-state index >= 15 is 0 Å². The second kappa shape index (κ2) is 18.6. The number of rotatable bonds is 9. The number of fused-ring (bicyclic) bond motifs is 6. The molecular formula is C72H46N4. The average molecular weight is 967 g/mol. The molecule has 0 bridgehead atoms. The van der Waals surface area contributed by atoms with Crippen LogP contribution in [-0.4, -0.2) is 14.1 Å². The number of benzene rings is 11. The zero-order valence-corrected chi connectivity index (χ0v) is 41.3. The van der Waals surface area contributed by atoms with Gasteiger partial charge in [-0.2, -0.15) is 5.26 Å². The quantitative estimate of drug-likeness (QED) is 0.145. The Labute approximate surface area is 440 Å². The molecule has 0 saturated carbocycles. The molecule has 4 nitrogen and oxygen atoms in total. The first kappa shape index (κ1) is 44.4. The lowest BCUT2D eigenvalue weighted by atomic mass is 9.95. The molecule has 0 saturated heterocycles. The maximum Gasteiger partial charge on any atom is 0.0993 e. The molecule has 0 radical (unpaired) electrons. The molecule has 0 aliphatic heterocycles. The highest BCUT2D eigenvalue weighted by Crippen LogP contribution is 2.46. The van der Waals surface area contributed by atoms with Crippen LogP contribution in [0.5, 0.6) is 0 Å². The van der Waals surface area contributed by atoms with Crippen LogP contribution in [0.1, 0.15) is 5.56 Å². The largest absolute Gasteiger partial charge is 0.308 e. The van der Waals surface area contributed by atoms with Gasteiger partial charge in [0.2, 0.25) is 0 Å². The van der Waals surface area contributed by atoms with Crippen LogP contribution in [0.2, 0.25) is 0 Å². The lowest BCUT2D eigenvalue weighted by Crippen LogP contribution is -2.06. The normalized spacial score (nSPS) is 11.4. The molecule has 0 aliphatic rings. The minimum Gasteiger partial charge on any atom is -0.308 e. The van der Waals surface area contributed by atoms with Gasteiger partial charge in [-0.3, -0.25) is 0 Å². The van der Waals surface area contributed by atoms with Crippen LogP contribution >= 0.6 is 0 Å². The van der Waals surface area contributed by atoms with Crippen molar-refractivity contribution in [1.82, 2.24) is 14.1 Å². The molecule has 3 aromatic heterocycles. The summed E-state index contributed by atoms with van der Waals surface area (Å²) in [5, 5.41) is 15.8. The van der Waals surface area contributed by atoms with Crippen LogP contribution < -0.4 is 0 Å². The van der Waals surface area contributed by atoms with E-state index in [0.717, 1.165) is 133 Å². The number of hydrogen-bond donors (Lipinski definition) is 0. The van der Waals surface area contributed by atoms with E-state index in [9.17, 15) is 5.26 Å². The van der Waals surface area contributed by atoms with E-state index in [4.69, 9.17) is 4.98 Å². The summed E-state index contributed by atoms with van der Waals surface area (Å²) in [5.74, 6) is 0. The number of pyridine rings is 1. The number of nitriles is 1. The molecule has 0 aliphatic carbocycles. The van der Waals surface area contributed by atoms with E-state index in [1.165, 1.54) is 0 Å². The van der Waals surface area contributed by atoms with Crippen molar-refractivity contribution in [3.63, 3.8) is 0 Å². The van der Waals surface area contributed by atoms with Gasteiger partial charge in [0.25, 0.3) is 0 Å². The highest BCUT2D eigenvalue weighted by Gasteiger charge is 2.26. The van der Waals surface area contributed by atoms with E-state index in [0.29, 0.717) is 5.56 Å². The second-order valence-electron chi connectivity index (χ2n) is 19.4. The monoisotopic (exact) mass is 966 g/mol. The summed E-state index contributed by atoms with van der Waals surface area (Å²) < 4.78 is 4.79. The van der Waals surface area contributed by atoms with Crippen molar-refractivity contribution in [3.8, 4) is 95.6 Å². The van der Waals surface area contributed by atoms with E-state index in [1.807, 2.05) is 12.1 Å². The molecular weight excluding hydrogens is 921 g/mol. The van der Waals surface area contributed by atoms with Gasteiger partial charge in [0.15, 0.2) is 0 Å². The first-order chi connectivity index (χ1) is 37.6. The Balaban J connectivity index is 1.14. The molecule has 354 valence electrons. The van der Waals surface area contributed by atoms with Crippen LogP contribution in [0.15, 0.2) is 279 Å². The third-order valence-electron chi connectivity index (χ3n) is 14.9. The summed E-state index contributed by atoms with van der Waals surface area (Å²) in [4.78, 5) is 5.41. The predicted octanol–water partition coefficient (Wildman–Crippen LogP) is 18.8. The highest BCUT2D eigenvalue weighted by atomic mass is 15.0. The standard InChI is InChI=1S/C72H46N4/c73-47-48-39-70(75-66-35-31-55(49-19-7-1-8-20-49)41-60(66)61-42-56(32-36-67(61)75)50-21-9-2-10-22-50)72(59-45-64(53-27-15-5-16-28-53)74-65(46-59)54-29-17-6-18-30-54)71(40-48)76-68-37-33-57(51-23-11-3-12-24-51)43-62(68)63-44-58(34-38-69(63)76)52-25-13-4-14-26-52/h1-46H. The Kier molecular flexibility index (Phi) is 10.9. The minimum atomic E-state index is 0.544. The van der Waals surface area contributed by atoms with Gasteiger partial charge in [0.05, 0.1) is 56.5 Å². The maximum absolute atomic E-state index is 11.4. The molecule has 0 amide bonds. The molecule has 76 heavy (non-hydrogen) atoms. The van der Waals surface area contributed by atoms with Crippen LogP contribution in [0.25, 0.3) is 133 Å². The van der Waals surface area contributed by atoms with Gasteiger partial charge in [-0.25, -0.2) is 4.98 Å². The molecule has 11 aromatic carbocycles. The van der Waals surface area contributed by atoms with Crippen molar-refractivity contribution in [1.29, 1.82) is 5.26 Å². The van der Waals surface area contributed by atoms with Gasteiger partial charge in [-0.05, 0) is 123 Å². The summed E-state index contributed by atoms with van der Waals surface area (Å²) >= 11 is 0. The average Bonchev–Trinajstić information content (AvgIpc) is 4.17. The highest BCUT2D eigenvalue weighted by molar-refractivity contribution is 6.14. The SMILES string of the molecule is N#Cc1cc(-n2c3ccc(-c4ccccc4)cc3c3cc(-c4ccccc4)ccc32)c(-c2cc(-c3ccccc3)nc(-c3ccccc3)c2)c(-n2c3ccc(-c4ccccc4)cc3c3cc(-c4ccccc4)ccc32)c1. The molecule has 0 atom stereocenters.